The van der Waals surface area contributed by atoms with Crippen LogP contribution in [0.1, 0.15) is 17.2 Å². The molecule has 0 aliphatic carbocycles. The number of benzene rings is 2. The standard InChI is InChI=1S/C17H19NS2/c1-18(2)17(19)13-16(14-9-5-3-6-10-14)20-15-11-7-4-8-12-15/h3-12,16H,13H2,1-2H3/t16-/m1/s1. The van der Waals surface area contributed by atoms with Gasteiger partial charge in [-0.05, 0) is 17.7 Å². The summed E-state index contributed by atoms with van der Waals surface area (Å²) in [6.45, 7) is 0. The summed E-state index contributed by atoms with van der Waals surface area (Å²) in [6, 6.07) is 21.1. The van der Waals surface area contributed by atoms with E-state index in [2.05, 4.69) is 54.6 Å². The molecule has 20 heavy (non-hydrogen) atoms. The van der Waals surface area contributed by atoms with Gasteiger partial charge in [-0.25, -0.2) is 0 Å². The molecule has 0 saturated carbocycles. The zero-order chi connectivity index (χ0) is 14.4. The predicted molar refractivity (Wildman–Crippen MR) is 92.4 cm³/mol. The molecule has 0 fully saturated rings. The largest absolute Gasteiger partial charge is 0.372 e. The number of hydrogen-bond acceptors (Lipinski definition) is 2. The average Bonchev–Trinajstić information content (AvgIpc) is 2.48. The Labute approximate surface area is 131 Å². The minimum atomic E-state index is 0.355. The predicted octanol–water partition coefficient (Wildman–Crippen LogP) is 4.80. The van der Waals surface area contributed by atoms with Crippen LogP contribution in [-0.4, -0.2) is 24.0 Å². The lowest BCUT2D eigenvalue weighted by Gasteiger charge is -2.21. The molecule has 0 heterocycles. The van der Waals surface area contributed by atoms with Crippen LogP contribution in [0.3, 0.4) is 0 Å². The third-order valence-electron chi connectivity index (χ3n) is 3.05. The van der Waals surface area contributed by atoms with Gasteiger partial charge in [0.1, 0.15) is 0 Å². The smallest absolute Gasteiger partial charge is 0.0788 e. The molecule has 3 heteroatoms. The molecular formula is C17H19NS2. The molecule has 0 N–H and O–H groups in total. The second-order valence-electron chi connectivity index (χ2n) is 4.82. The van der Waals surface area contributed by atoms with Crippen molar-refractivity contribution in [2.75, 3.05) is 14.1 Å². The molecule has 104 valence electrons. The van der Waals surface area contributed by atoms with E-state index in [1.165, 1.54) is 10.5 Å². The van der Waals surface area contributed by atoms with Gasteiger partial charge in [0.05, 0.1) is 4.99 Å². The van der Waals surface area contributed by atoms with E-state index in [-0.39, 0.29) is 0 Å². The number of rotatable bonds is 5. The molecule has 2 aromatic carbocycles. The minimum Gasteiger partial charge on any atom is -0.372 e. The Morgan fingerprint density at radius 2 is 1.55 bits per heavy atom. The van der Waals surface area contributed by atoms with Crippen LogP contribution < -0.4 is 0 Å². The maximum Gasteiger partial charge on any atom is 0.0788 e. The Balaban J connectivity index is 2.18. The van der Waals surface area contributed by atoms with Gasteiger partial charge < -0.3 is 4.90 Å². The van der Waals surface area contributed by atoms with E-state index in [4.69, 9.17) is 12.2 Å². The SMILES string of the molecule is CN(C)C(=S)C[C@@H](Sc1ccccc1)c1ccccc1. The van der Waals surface area contributed by atoms with Gasteiger partial charge in [0.15, 0.2) is 0 Å². The molecule has 0 aliphatic heterocycles. The average molecular weight is 301 g/mol. The number of nitrogens with zero attached hydrogens (tertiary/aromatic N) is 1. The Hall–Kier alpha value is -1.32. The maximum absolute atomic E-state index is 5.48. The Kier molecular flexibility index (Phi) is 5.62. The van der Waals surface area contributed by atoms with Gasteiger partial charge >= 0.3 is 0 Å². The number of thiocarbonyl (C=S) groups is 1. The second-order valence-corrected chi connectivity index (χ2v) is 6.57. The summed E-state index contributed by atoms with van der Waals surface area (Å²) in [7, 11) is 4.02. The van der Waals surface area contributed by atoms with Gasteiger partial charge in [-0.15, -0.1) is 11.8 Å². The van der Waals surface area contributed by atoms with Gasteiger partial charge in [-0.1, -0.05) is 60.7 Å². The molecule has 0 spiro atoms. The van der Waals surface area contributed by atoms with Gasteiger partial charge in [0, 0.05) is 30.7 Å². The topological polar surface area (TPSA) is 3.24 Å². The van der Waals surface area contributed by atoms with Gasteiger partial charge in [-0.3, -0.25) is 0 Å². The summed E-state index contributed by atoms with van der Waals surface area (Å²) in [6.07, 6.45) is 0.881. The lowest BCUT2D eigenvalue weighted by molar-refractivity contribution is 0.615. The first-order chi connectivity index (χ1) is 9.66. The van der Waals surface area contributed by atoms with Gasteiger partial charge in [0.25, 0.3) is 0 Å². The van der Waals surface area contributed by atoms with E-state index in [1.807, 2.05) is 36.8 Å². The van der Waals surface area contributed by atoms with Gasteiger partial charge in [-0.2, -0.15) is 0 Å². The van der Waals surface area contributed by atoms with Crippen LogP contribution >= 0.6 is 24.0 Å². The maximum atomic E-state index is 5.48. The molecular weight excluding hydrogens is 282 g/mol. The normalized spacial score (nSPS) is 11.9. The summed E-state index contributed by atoms with van der Waals surface area (Å²) in [4.78, 5) is 4.29. The molecule has 1 nitrogen and oxygen atoms in total. The first-order valence-corrected chi connectivity index (χ1v) is 7.92. The van der Waals surface area contributed by atoms with Crippen LogP contribution in [-0.2, 0) is 0 Å². The first kappa shape index (κ1) is 15.1. The van der Waals surface area contributed by atoms with E-state index in [0.717, 1.165) is 11.4 Å². The number of hydrogen-bond donors (Lipinski definition) is 0. The van der Waals surface area contributed by atoms with Crippen molar-refractivity contribution in [2.24, 2.45) is 0 Å². The molecule has 2 aromatic rings. The second kappa shape index (κ2) is 7.46. The van der Waals surface area contributed by atoms with Crippen LogP contribution in [0.15, 0.2) is 65.6 Å². The lowest BCUT2D eigenvalue weighted by atomic mass is 10.1. The molecule has 0 radical (unpaired) electrons. The molecule has 0 saturated heterocycles. The fourth-order valence-corrected chi connectivity index (χ4v) is 3.35. The lowest BCUT2D eigenvalue weighted by Crippen LogP contribution is -2.21. The van der Waals surface area contributed by atoms with Crippen molar-refractivity contribution in [1.29, 1.82) is 0 Å². The Morgan fingerprint density at radius 3 is 2.10 bits per heavy atom. The van der Waals surface area contributed by atoms with Crippen LogP contribution in [0.25, 0.3) is 0 Å². The fraction of sp³-hybridized carbons (Fsp3) is 0.235. The van der Waals surface area contributed by atoms with Crippen LogP contribution in [0.4, 0.5) is 0 Å². The third-order valence-corrected chi connectivity index (χ3v) is 4.85. The van der Waals surface area contributed by atoms with E-state index >= 15 is 0 Å². The first-order valence-electron chi connectivity index (χ1n) is 6.63. The Bertz CT molecular complexity index is 537. The zero-order valence-electron chi connectivity index (χ0n) is 11.8. The van der Waals surface area contributed by atoms with E-state index in [1.54, 1.807) is 0 Å². The highest BCUT2D eigenvalue weighted by atomic mass is 32.2. The minimum absolute atomic E-state index is 0.355. The van der Waals surface area contributed by atoms with Crippen molar-refractivity contribution in [1.82, 2.24) is 4.90 Å². The van der Waals surface area contributed by atoms with Crippen LogP contribution in [0, 0.1) is 0 Å². The van der Waals surface area contributed by atoms with E-state index in [0.29, 0.717) is 5.25 Å². The van der Waals surface area contributed by atoms with Crippen molar-refractivity contribution in [3.63, 3.8) is 0 Å². The molecule has 1 atom stereocenters. The molecule has 0 amide bonds. The van der Waals surface area contributed by atoms with E-state index < -0.39 is 0 Å². The highest BCUT2D eigenvalue weighted by Gasteiger charge is 2.16. The molecule has 0 unspecified atom stereocenters. The monoisotopic (exact) mass is 301 g/mol. The summed E-state index contributed by atoms with van der Waals surface area (Å²) in [5.41, 5.74) is 1.32. The van der Waals surface area contributed by atoms with E-state index in [9.17, 15) is 0 Å². The van der Waals surface area contributed by atoms with Crippen LogP contribution in [0.2, 0.25) is 0 Å². The van der Waals surface area contributed by atoms with Crippen molar-refractivity contribution in [3.05, 3.63) is 66.2 Å². The zero-order valence-corrected chi connectivity index (χ0v) is 13.5. The van der Waals surface area contributed by atoms with Gasteiger partial charge in [0.2, 0.25) is 0 Å². The van der Waals surface area contributed by atoms with Crippen molar-refractivity contribution in [2.45, 2.75) is 16.6 Å². The van der Waals surface area contributed by atoms with Crippen molar-refractivity contribution in [3.8, 4) is 0 Å². The van der Waals surface area contributed by atoms with Crippen LogP contribution in [0.5, 0.6) is 0 Å². The highest BCUT2D eigenvalue weighted by molar-refractivity contribution is 7.99. The highest BCUT2D eigenvalue weighted by Crippen LogP contribution is 2.38. The summed E-state index contributed by atoms with van der Waals surface area (Å²) in [5, 5.41) is 0.355. The summed E-state index contributed by atoms with van der Waals surface area (Å²) >= 11 is 7.36. The molecule has 0 bridgehead atoms. The Morgan fingerprint density at radius 1 is 1.00 bits per heavy atom. The summed E-state index contributed by atoms with van der Waals surface area (Å²) in [5.74, 6) is 0. The third kappa shape index (κ3) is 4.36. The fourth-order valence-electron chi connectivity index (χ4n) is 1.90. The molecule has 2 rings (SSSR count). The molecule has 0 aromatic heterocycles. The number of thioether (sulfide) groups is 1. The molecule has 0 aliphatic rings. The van der Waals surface area contributed by atoms with Crippen molar-refractivity contribution < 1.29 is 0 Å². The van der Waals surface area contributed by atoms with Crippen molar-refractivity contribution >= 4 is 29.0 Å². The quantitative estimate of drug-likeness (QED) is 0.577. The summed E-state index contributed by atoms with van der Waals surface area (Å²) < 4.78 is 0.